The Kier molecular flexibility index (Phi) is 6.41. The minimum atomic E-state index is -0.243. The van der Waals surface area contributed by atoms with Gasteiger partial charge in [-0.1, -0.05) is 37.4 Å². The smallest absolute Gasteiger partial charge is 0.274 e. The zero-order valence-corrected chi connectivity index (χ0v) is 14.3. The first-order valence-corrected chi connectivity index (χ1v) is 8.26. The van der Waals surface area contributed by atoms with Gasteiger partial charge in [-0.3, -0.25) is 9.78 Å². The topological polar surface area (TPSA) is 54.0 Å². The fraction of sp³-hybridized carbons (Fsp3) is 0.333. The Morgan fingerprint density at radius 2 is 2.09 bits per heavy atom. The van der Waals surface area contributed by atoms with Gasteiger partial charge in [0, 0.05) is 29.1 Å². The highest BCUT2D eigenvalue weighted by molar-refractivity contribution is 6.31. The molecule has 0 saturated heterocycles. The highest BCUT2D eigenvalue weighted by Crippen LogP contribution is 2.23. The molecule has 122 valence electrons. The molecule has 0 atom stereocenters. The lowest BCUT2D eigenvalue weighted by Crippen LogP contribution is -2.15. The minimum Gasteiger partial charge on any atom is -0.385 e. The van der Waals surface area contributed by atoms with E-state index in [-0.39, 0.29) is 5.91 Å². The van der Waals surface area contributed by atoms with E-state index < -0.39 is 0 Å². The van der Waals surface area contributed by atoms with Crippen LogP contribution in [0.3, 0.4) is 0 Å². The first-order chi connectivity index (χ1) is 11.1. The molecule has 1 heterocycles. The maximum atomic E-state index is 12.4. The van der Waals surface area contributed by atoms with Gasteiger partial charge in [0.05, 0.1) is 0 Å². The summed E-state index contributed by atoms with van der Waals surface area (Å²) in [5.74, 6) is -0.243. The molecule has 0 spiro atoms. The number of carbonyl (C=O) groups is 1. The van der Waals surface area contributed by atoms with Crippen molar-refractivity contribution >= 4 is 28.9 Å². The molecule has 1 aromatic carbocycles. The van der Waals surface area contributed by atoms with Gasteiger partial charge in [0.1, 0.15) is 5.69 Å². The zero-order valence-electron chi connectivity index (χ0n) is 13.5. The fourth-order valence-corrected chi connectivity index (χ4v) is 2.38. The Labute approximate surface area is 142 Å². The van der Waals surface area contributed by atoms with Gasteiger partial charge in [-0.25, -0.2) is 0 Å². The van der Waals surface area contributed by atoms with Crippen LogP contribution >= 0.6 is 11.6 Å². The number of nitrogens with one attached hydrogen (secondary N) is 2. The third kappa shape index (κ3) is 4.96. The molecule has 1 amide bonds. The van der Waals surface area contributed by atoms with Crippen LogP contribution in [-0.2, 0) is 0 Å². The van der Waals surface area contributed by atoms with E-state index in [9.17, 15) is 4.79 Å². The van der Waals surface area contributed by atoms with Crippen LogP contribution in [0.1, 0.15) is 42.2 Å². The Bertz CT molecular complexity index is 673. The highest BCUT2D eigenvalue weighted by atomic mass is 35.5. The lowest BCUT2D eigenvalue weighted by atomic mass is 10.2. The molecule has 0 saturated carbocycles. The second-order valence-corrected chi connectivity index (χ2v) is 5.84. The molecular weight excluding hydrogens is 310 g/mol. The van der Waals surface area contributed by atoms with E-state index in [0.29, 0.717) is 16.4 Å². The largest absolute Gasteiger partial charge is 0.385 e. The molecule has 4 nitrogen and oxygen atoms in total. The predicted octanol–water partition coefficient (Wildman–Crippen LogP) is 4.90. The van der Waals surface area contributed by atoms with E-state index in [1.54, 1.807) is 18.3 Å². The van der Waals surface area contributed by atoms with E-state index in [2.05, 4.69) is 22.5 Å². The number of pyridine rings is 1. The third-order valence-electron chi connectivity index (χ3n) is 3.62. The van der Waals surface area contributed by atoms with Crippen molar-refractivity contribution in [2.24, 2.45) is 0 Å². The lowest BCUT2D eigenvalue weighted by Gasteiger charge is -2.10. The van der Waals surface area contributed by atoms with Crippen LogP contribution in [0.15, 0.2) is 36.5 Å². The summed E-state index contributed by atoms with van der Waals surface area (Å²) in [6.07, 6.45) is 5.13. The van der Waals surface area contributed by atoms with Crippen LogP contribution in [0.25, 0.3) is 0 Å². The number of anilines is 2. The van der Waals surface area contributed by atoms with Gasteiger partial charge in [0.25, 0.3) is 5.91 Å². The number of unbranched alkanes of at least 4 members (excludes halogenated alkanes) is 2. The standard InChI is InChI=1S/C18H22ClN3O/c1-3-4-5-10-20-14-9-11-21-17(12-14)18(23)22-16-8-6-7-15(19)13(16)2/h6-9,11-12H,3-5,10H2,1-2H3,(H,20,21)(H,22,23). The number of halogens is 1. The second-order valence-electron chi connectivity index (χ2n) is 5.43. The van der Waals surface area contributed by atoms with Crippen molar-refractivity contribution in [3.05, 3.63) is 52.8 Å². The second kappa shape index (κ2) is 8.53. The van der Waals surface area contributed by atoms with E-state index in [4.69, 9.17) is 11.6 Å². The number of carbonyl (C=O) groups excluding carboxylic acids is 1. The van der Waals surface area contributed by atoms with Crippen molar-refractivity contribution in [1.29, 1.82) is 0 Å². The Balaban J connectivity index is 2.03. The molecule has 0 aliphatic carbocycles. The molecule has 2 aromatic rings. The third-order valence-corrected chi connectivity index (χ3v) is 4.03. The van der Waals surface area contributed by atoms with E-state index in [1.165, 1.54) is 12.8 Å². The van der Waals surface area contributed by atoms with Gasteiger partial charge < -0.3 is 10.6 Å². The summed E-state index contributed by atoms with van der Waals surface area (Å²) in [5, 5.41) is 6.80. The number of hydrogen-bond acceptors (Lipinski definition) is 3. The number of aromatic nitrogens is 1. The first kappa shape index (κ1) is 17.3. The van der Waals surface area contributed by atoms with Crippen LogP contribution in [0, 0.1) is 6.92 Å². The average Bonchev–Trinajstić information content (AvgIpc) is 2.56. The van der Waals surface area contributed by atoms with Crippen molar-refractivity contribution in [3.8, 4) is 0 Å². The van der Waals surface area contributed by atoms with Crippen molar-refractivity contribution in [3.63, 3.8) is 0 Å². The van der Waals surface area contributed by atoms with Gasteiger partial charge in [-0.2, -0.15) is 0 Å². The Morgan fingerprint density at radius 1 is 1.26 bits per heavy atom. The van der Waals surface area contributed by atoms with Crippen molar-refractivity contribution < 1.29 is 4.79 Å². The van der Waals surface area contributed by atoms with Gasteiger partial charge in [-0.15, -0.1) is 0 Å². The number of hydrogen-bond donors (Lipinski definition) is 2. The molecule has 1 aromatic heterocycles. The maximum absolute atomic E-state index is 12.4. The first-order valence-electron chi connectivity index (χ1n) is 7.88. The highest BCUT2D eigenvalue weighted by Gasteiger charge is 2.11. The quantitative estimate of drug-likeness (QED) is 0.710. The van der Waals surface area contributed by atoms with Gasteiger partial charge in [0.2, 0.25) is 0 Å². The summed E-state index contributed by atoms with van der Waals surface area (Å²) >= 11 is 6.07. The molecule has 2 N–H and O–H groups in total. The summed E-state index contributed by atoms with van der Waals surface area (Å²) in [4.78, 5) is 16.5. The van der Waals surface area contributed by atoms with Crippen LogP contribution < -0.4 is 10.6 Å². The Morgan fingerprint density at radius 3 is 2.87 bits per heavy atom. The molecule has 0 aliphatic heterocycles. The van der Waals surface area contributed by atoms with Crippen molar-refractivity contribution in [1.82, 2.24) is 4.98 Å². The number of rotatable bonds is 7. The SMILES string of the molecule is CCCCCNc1ccnc(C(=O)Nc2cccc(Cl)c2C)c1. The van der Waals surface area contributed by atoms with E-state index in [0.717, 1.165) is 24.2 Å². The minimum absolute atomic E-state index is 0.243. The lowest BCUT2D eigenvalue weighted by molar-refractivity contribution is 0.102. The molecular formula is C18H22ClN3O. The molecule has 5 heteroatoms. The van der Waals surface area contributed by atoms with Crippen LogP contribution in [-0.4, -0.2) is 17.4 Å². The molecule has 0 fully saturated rings. The monoisotopic (exact) mass is 331 g/mol. The number of amides is 1. The molecule has 0 unspecified atom stereocenters. The molecule has 23 heavy (non-hydrogen) atoms. The van der Waals surface area contributed by atoms with Crippen molar-refractivity contribution in [2.75, 3.05) is 17.2 Å². The van der Waals surface area contributed by atoms with E-state index >= 15 is 0 Å². The Hall–Kier alpha value is -2.07. The van der Waals surface area contributed by atoms with Gasteiger partial charge >= 0.3 is 0 Å². The molecule has 0 radical (unpaired) electrons. The van der Waals surface area contributed by atoms with Gasteiger partial charge in [0.15, 0.2) is 0 Å². The summed E-state index contributed by atoms with van der Waals surface area (Å²) < 4.78 is 0. The summed E-state index contributed by atoms with van der Waals surface area (Å²) in [6, 6.07) is 9.07. The van der Waals surface area contributed by atoms with E-state index in [1.807, 2.05) is 25.1 Å². The number of benzene rings is 1. The van der Waals surface area contributed by atoms with Crippen LogP contribution in [0.5, 0.6) is 0 Å². The summed E-state index contributed by atoms with van der Waals surface area (Å²) in [5.41, 5.74) is 2.83. The maximum Gasteiger partial charge on any atom is 0.274 e. The van der Waals surface area contributed by atoms with Crippen molar-refractivity contribution in [2.45, 2.75) is 33.1 Å². The normalized spacial score (nSPS) is 10.4. The molecule has 0 bridgehead atoms. The molecule has 0 aliphatic rings. The molecule has 2 rings (SSSR count). The average molecular weight is 332 g/mol. The van der Waals surface area contributed by atoms with Gasteiger partial charge in [-0.05, 0) is 43.2 Å². The summed E-state index contributed by atoms with van der Waals surface area (Å²) in [6.45, 7) is 4.94. The zero-order chi connectivity index (χ0) is 16.7. The summed E-state index contributed by atoms with van der Waals surface area (Å²) in [7, 11) is 0. The van der Waals surface area contributed by atoms with Crippen LogP contribution in [0.2, 0.25) is 5.02 Å². The van der Waals surface area contributed by atoms with Crippen LogP contribution in [0.4, 0.5) is 11.4 Å². The predicted molar refractivity (Wildman–Crippen MR) is 96.4 cm³/mol. The fourth-order valence-electron chi connectivity index (χ4n) is 2.20. The number of nitrogens with zero attached hydrogens (tertiary/aromatic N) is 1.